The van der Waals surface area contributed by atoms with E-state index in [2.05, 4.69) is 33.9 Å². The summed E-state index contributed by atoms with van der Waals surface area (Å²) in [5.41, 5.74) is 0. The topological polar surface area (TPSA) is 59.1 Å². The molecule has 0 spiro atoms. The number of fused-ring (bicyclic) bond motifs is 1. The molecule has 0 unspecified atom stereocenters. The molecule has 1 N–H and O–H groups in total. The lowest BCUT2D eigenvalue weighted by Crippen LogP contribution is -2.45. The van der Waals surface area contributed by atoms with E-state index < -0.39 is 14.4 Å². The Kier molecular flexibility index (Phi) is 3.47. The van der Waals surface area contributed by atoms with Gasteiger partial charge in [-0.1, -0.05) is 20.8 Å². The molecule has 1 aliphatic heterocycles. The maximum Gasteiger partial charge on any atom is 0.191 e. The number of Topliss-reactive ketones (excluding diaryl/α,β-unsaturated/α-hetero) is 1. The summed E-state index contributed by atoms with van der Waals surface area (Å²) < 4.78 is 11.3. The molecule has 2 aliphatic rings. The van der Waals surface area contributed by atoms with Gasteiger partial charge in [0.15, 0.2) is 14.1 Å². The van der Waals surface area contributed by atoms with Gasteiger partial charge in [0.1, 0.15) is 12.2 Å². The van der Waals surface area contributed by atoms with E-state index >= 15 is 0 Å². The van der Waals surface area contributed by atoms with Crippen molar-refractivity contribution in [2.45, 2.75) is 63.6 Å². The van der Waals surface area contributed by atoms with Crippen LogP contribution in [0.4, 0.5) is 0 Å². The van der Waals surface area contributed by atoms with Crippen LogP contribution in [0.25, 0.3) is 0 Å². The summed E-state index contributed by atoms with van der Waals surface area (Å²) in [7, 11) is -1.81. The van der Waals surface area contributed by atoms with Crippen molar-refractivity contribution < 1.29 is 19.1 Å². The molecule has 104 valence electrons. The number of carbonyl (C=O) groups is 1. The Morgan fingerprint density at radius 3 is 2.61 bits per heavy atom. The predicted molar refractivity (Wildman–Crippen MR) is 70.9 cm³/mol. The number of rotatable bonds is 3. The standard InChI is InChI=1S/C13H24O4Si/c1-13(2,3)18(4,5)16-7-8-6-9(14)11-12(17-11)10(8)15/h8,10-12,15H,6-7H2,1-5H3/t8-,10+,11-,12+/m0/s1. The lowest BCUT2D eigenvalue weighted by Gasteiger charge is -2.38. The molecular formula is C13H24O4Si. The van der Waals surface area contributed by atoms with Gasteiger partial charge in [-0.2, -0.15) is 0 Å². The smallest absolute Gasteiger partial charge is 0.191 e. The monoisotopic (exact) mass is 272 g/mol. The third kappa shape index (κ3) is 2.54. The molecular weight excluding hydrogens is 248 g/mol. The van der Waals surface area contributed by atoms with E-state index in [1.807, 2.05) is 0 Å². The van der Waals surface area contributed by atoms with Crippen molar-refractivity contribution in [1.82, 2.24) is 0 Å². The maximum absolute atomic E-state index is 11.6. The van der Waals surface area contributed by atoms with Gasteiger partial charge in [-0.05, 0) is 18.1 Å². The quantitative estimate of drug-likeness (QED) is 0.628. The Labute approximate surface area is 110 Å². The number of ketones is 1. The summed E-state index contributed by atoms with van der Waals surface area (Å²) in [6.45, 7) is 11.4. The van der Waals surface area contributed by atoms with Gasteiger partial charge in [-0.3, -0.25) is 4.79 Å². The van der Waals surface area contributed by atoms with Crippen LogP contribution in [-0.2, 0) is 14.0 Å². The normalized spacial score (nSPS) is 36.4. The second kappa shape index (κ2) is 4.40. The highest BCUT2D eigenvalue weighted by Crippen LogP contribution is 2.40. The molecule has 1 aliphatic carbocycles. The van der Waals surface area contributed by atoms with Crippen molar-refractivity contribution in [1.29, 1.82) is 0 Å². The Hall–Kier alpha value is -0.233. The first-order valence-corrected chi connectivity index (χ1v) is 9.54. The molecule has 0 aromatic rings. The Balaban J connectivity index is 1.92. The number of aliphatic hydroxyl groups is 1. The fraction of sp³-hybridized carbons (Fsp3) is 0.923. The molecule has 0 amide bonds. The lowest BCUT2D eigenvalue weighted by molar-refractivity contribution is -0.123. The minimum atomic E-state index is -1.81. The fourth-order valence-corrected chi connectivity index (χ4v) is 3.16. The summed E-state index contributed by atoms with van der Waals surface area (Å²) in [6, 6.07) is 0. The largest absolute Gasteiger partial charge is 0.416 e. The fourth-order valence-electron chi connectivity index (χ4n) is 2.10. The summed E-state index contributed by atoms with van der Waals surface area (Å²) in [5, 5.41) is 10.2. The van der Waals surface area contributed by atoms with Crippen LogP contribution in [-0.4, -0.2) is 44.1 Å². The number of carbonyl (C=O) groups excluding carboxylic acids is 1. The molecule has 18 heavy (non-hydrogen) atoms. The van der Waals surface area contributed by atoms with E-state index in [-0.39, 0.29) is 28.9 Å². The van der Waals surface area contributed by atoms with Crippen LogP contribution in [0.1, 0.15) is 27.2 Å². The second-order valence-electron chi connectivity index (χ2n) is 7.01. The minimum absolute atomic E-state index is 0.102. The van der Waals surface area contributed by atoms with Crippen LogP contribution in [0.5, 0.6) is 0 Å². The summed E-state index contributed by atoms with van der Waals surface area (Å²) in [6.07, 6.45) is -0.752. The Morgan fingerprint density at radius 1 is 1.44 bits per heavy atom. The van der Waals surface area contributed by atoms with Crippen molar-refractivity contribution in [3.63, 3.8) is 0 Å². The number of hydrogen-bond acceptors (Lipinski definition) is 4. The van der Waals surface area contributed by atoms with E-state index in [9.17, 15) is 9.90 Å². The zero-order valence-corrected chi connectivity index (χ0v) is 12.9. The molecule has 1 saturated carbocycles. The molecule has 0 aromatic carbocycles. The predicted octanol–water partition coefficient (Wildman–Crippen LogP) is 1.73. The van der Waals surface area contributed by atoms with E-state index in [4.69, 9.17) is 9.16 Å². The van der Waals surface area contributed by atoms with Crippen LogP contribution in [0.3, 0.4) is 0 Å². The first-order chi connectivity index (χ1) is 8.13. The molecule has 1 saturated heterocycles. The van der Waals surface area contributed by atoms with Crippen LogP contribution in [0, 0.1) is 5.92 Å². The van der Waals surface area contributed by atoms with Gasteiger partial charge < -0.3 is 14.3 Å². The SMILES string of the molecule is CC(C)(C)[Si](C)(C)OC[C@@H]1CC(=O)[C@@H]2O[C@@H]2[C@@H]1O. The maximum atomic E-state index is 11.6. The first-order valence-electron chi connectivity index (χ1n) is 6.64. The van der Waals surface area contributed by atoms with E-state index in [1.165, 1.54) is 0 Å². The van der Waals surface area contributed by atoms with Gasteiger partial charge >= 0.3 is 0 Å². The first kappa shape index (κ1) is 14.2. The number of ether oxygens (including phenoxy) is 1. The minimum Gasteiger partial charge on any atom is -0.416 e. The Bertz CT molecular complexity index is 347. The van der Waals surface area contributed by atoms with Gasteiger partial charge in [-0.25, -0.2) is 0 Å². The number of hydrogen-bond donors (Lipinski definition) is 1. The number of aliphatic hydroxyl groups excluding tert-OH is 1. The van der Waals surface area contributed by atoms with Crippen LogP contribution < -0.4 is 0 Å². The molecule has 5 heteroatoms. The third-order valence-corrected chi connectivity index (χ3v) is 9.09. The molecule has 0 aromatic heterocycles. The third-order valence-electron chi connectivity index (χ3n) is 4.59. The van der Waals surface area contributed by atoms with E-state index in [1.54, 1.807) is 0 Å². The van der Waals surface area contributed by atoms with Gasteiger partial charge in [-0.15, -0.1) is 0 Å². The highest BCUT2D eigenvalue weighted by atomic mass is 28.4. The number of epoxide rings is 1. The van der Waals surface area contributed by atoms with E-state index in [0.29, 0.717) is 13.0 Å². The second-order valence-corrected chi connectivity index (χ2v) is 11.8. The summed E-state index contributed by atoms with van der Waals surface area (Å²) in [5.74, 6) is 0.0181. The molecule has 2 fully saturated rings. The highest BCUT2D eigenvalue weighted by Gasteiger charge is 2.56. The van der Waals surface area contributed by atoms with Crippen molar-refractivity contribution >= 4 is 14.1 Å². The van der Waals surface area contributed by atoms with Gasteiger partial charge in [0.05, 0.1) is 6.10 Å². The van der Waals surface area contributed by atoms with Crippen LogP contribution in [0.15, 0.2) is 0 Å². The Morgan fingerprint density at radius 2 is 2.06 bits per heavy atom. The van der Waals surface area contributed by atoms with Crippen molar-refractivity contribution in [3.8, 4) is 0 Å². The zero-order chi connectivity index (χ0) is 13.7. The van der Waals surface area contributed by atoms with Gasteiger partial charge in [0, 0.05) is 18.9 Å². The lowest BCUT2D eigenvalue weighted by atomic mass is 9.86. The van der Waals surface area contributed by atoms with Gasteiger partial charge in [0.2, 0.25) is 0 Å². The van der Waals surface area contributed by atoms with Crippen LogP contribution in [0.2, 0.25) is 18.1 Å². The van der Waals surface area contributed by atoms with Crippen molar-refractivity contribution in [3.05, 3.63) is 0 Å². The molecule has 2 rings (SSSR count). The molecule has 1 heterocycles. The molecule has 4 atom stereocenters. The molecule has 0 radical (unpaired) electrons. The molecule has 4 nitrogen and oxygen atoms in total. The average molecular weight is 272 g/mol. The van der Waals surface area contributed by atoms with Crippen molar-refractivity contribution in [2.75, 3.05) is 6.61 Å². The molecule has 0 bridgehead atoms. The van der Waals surface area contributed by atoms with E-state index in [0.717, 1.165) is 0 Å². The summed E-state index contributed by atoms with van der Waals surface area (Å²) in [4.78, 5) is 11.6. The highest BCUT2D eigenvalue weighted by molar-refractivity contribution is 6.74. The van der Waals surface area contributed by atoms with Gasteiger partial charge in [0.25, 0.3) is 0 Å². The van der Waals surface area contributed by atoms with Crippen LogP contribution >= 0.6 is 0 Å². The zero-order valence-electron chi connectivity index (χ0n) is 11.9. The average Bonchev–Trinajstić information content (AvgIpc) is 3.00. The summed E-state index contributed by atoms with van der Waals surface area (Å²) >= 11 is 0. The van der Waals surface area contributed by atoms with Crippen molar-refractivity contribution in [2.24, 2.45) is 5.92 Å².